The van der Waals surface area contributed by atoms with Gasteiger partial charge < -0.3 is 15.9 Å². The number of hydrogen-bond acceptors (Lipinski definition) is 3. The van der Waals surface area contributed by atoms with Gasteiger partial charge in [0, 0.05) is 18.1 Å². The third-order valence-corrected chi connectivity index (χ3v) is 2.78. The van der Waals surface area contributed by atoms with Crippen molar-refractivity contribution in [3.63, 3.8) is 0 Å². The summed E-state index contributed by atoms with van der Waals surface area (Å²) >= 11 is 0. The van der Waals surface area contributed by atoms with Crippen LogP contribution in [0.2, 0.25) is 0 Å². The number of carbonyl (C=O) groups is 1. The molecule has 1 rings (SSSR count). The van der Waals surface area contributed by atoms with Crippen LogP contribution in [-0.2, 0) is 0 Å². The second-order valence-corrected chi connectivity index (χ2v) is 4.52. The van der Waals surface area contributed by atoms with Crippen LogP contribution in [0.15, 0.2) is 24.3 Å². The number of hydrogen-bond donors (Lipinski definition) is 3. The van der Waals surface area contributed by atoms with Gasteiger partial charge in [0.15, 0.2) is 0 Å². The number of aliphatic hydroxyl groups excluding tert-OH is 1. The maximum atomic E-state index is 11.0. The largest absolute Gasteiger partial charge is 0.478 e. The van der Waals surface area contributed by atoms with Crippen LogP contribution in [0.1, 0.15) is 35.8 Å². The van der Waals surface area contributed by atoms with Gasteiger partial charge >= 0.3 is 5.97 Å². The van der Waals surface area contributed by atoms with E-state index in [4.69, 9.17) is 10.8 Å². The van der Waals surface area contributed by atoms with Crippen LogP contribution in [0.3, 0.4) is 0 Å². The molecule has 0 aliphatic rings. The summed E-state index contributed by atoms with van der Waals surface area (Å²) in [5.74, 6) is -1.00. The van der Waals surface area contributed by atoms with Gasteiger partial charge in [0.25, 0.3) is 0 Å². The van der Waals surface area contributed by atoms with Crippen LogP contribution in [0.25, 0.3) is 0 Å². The van der Waals surface area contributed by atoms with Crippen molar-refractivity contribution in [3.8, 4) is 0 Å². The van der Waals surface area contributed by atoms with Crippen molar-refractivity contribution in [2.24, 2.45) is 11.1 Å². The SMILES string of the molecule is CC(C)(CO)[C@@H](N)c1ccccc1C(=O)O. The van der Waals surface area contributed by atoms with E-state index in [-0.39, 0.29) is 12.2 Å². The molecular weight excluding hydrogens is 206 g/mol. The van der Waals surface area contributed by atoms with Crippen molar-refractivity contribution < 1.29 is 15.0 Å². The summed E-state index contributed by atoms with van der Waals surface area (Å²) in [5, 5.41) is 18.3. The van der Waals surface area contributed by atoms with Crippen LogP contribution in [-0.4, -0.2) is 22.8 Å². The Morgan fingerprint density at radius 3 is 2.50 bits per heavy atom. The molecule has 0 saturated carbocycles. The van der Waals surface area contributed by atoms with Crippen molar-refractivity contribution in [2.45, 2.75) is 19.9 Å². The van der Waals surface area contributed by atoms with Crippen LogP contribution < -0.4 is 5.73 Å². The second kappa shape index (κ2) is 4.63. The predicted molar refractivity (Wildman–Crippen MR) is 61.2 cm³/mol. The van der Waals surface area contributed by atoms with Gasteiger partial charge in [-0.3, -0.25) is 0 Å². The van der Waals surface area contributed by atoms with Crippen molar-refractivity contribution in [1.29, 1.82) is 0 Å². The van der Waals surface area contributed by atoms with Gasteiger partial charge in [-0.1, -0.05) is 32.0 Å². The summed E-state index contributed by atoms with van der Waals surface area (Å²) in [6.07, 6.45) is 0. The molecule has 4 nitrogen and oxygen atoms in total. The summed E-state index contributed by atoms with van der Waals surface area (Å²) in [6, 6.07) is 6.10. The molecule has 1 atom stereocenters. The number of nitrogens with two attached hydrogens (primary N) is 1. The highest BCUT2D eigenvalue weighted by Gasteiger charge is 2.29. The van der Waals surface area contributed by atoms with Crippen LogP contribution in [0.4, 0.5) is 0 Å². The Balaban J connectivity index is 3.18. The zero-order chi connectivity index (χ0) is 12.3. The standard InChI is InChI=1S/C12H17NO3/c1-12(2,7-14)10(13)8-5-3-4-6-9(8)11(15)16/h3-6,10,14H,7,13H2,1-2H3,(H,15,16)/t10-/m0/s1. The van der Waals surface area contributed by atoms with Gasteiger partial charge in [0.1, 0.15) is 0 Å². The number of aliphatic hydroxyl groups is 1. The summed E-state index contributed by atoms with van der Waals surface area (Å²) in [5.41, 5.74) is 6.19. The van der Waals surface area contributed by atoms with E-state index in [1.807, 2.05) is 0 Å². The molecule has 16 heavy (non-hydrogen) atoms. The molecule has 1 aromatic rings. The van der Waals surface area contributed by atoms with Crippen molar-refractivity contribution in [3.05, 3.63) is 35.4 Å². The molecule has 0 fully saturated rings. The average Bonchev–Trinajstić information content (AvgIpc) is 2.28. The van der Waals surface area contributed by atoms with Crippen LogP contribution in [0, 0.1) is 5.41 Å². The highest BCUT2D eigenvalue weighted by atomic mass is 16.4. The molecule has 0 amide bonds. The monoisotopic (exact) mass is 223 g/mol. The first-order valence-corrected chi connectivity index (χ1v) is 5.09. The minimum absolute atomic E-state index is 0.0951. The van der Waals surface area contributed by atoms with Crippen LogP contribution in [0.5, 0.6) is 0 Å². The maximum Gasteiger partial charge on any atom is 0.336 e. The van der Waals surface area contributed by atoms with Gasteiger partial charge in [0.2, 0.25) is 0 Å². The summed E-state index contributed by atoms with van der Waals surface area (Å²) in [4.78, 5) is 11.0. The quantitative estimate of drug-likeness (QED) is 0.720. The predicted octanol–water partition coefficient (Wildman–Crippen LogP) is 1.40. The Bertz CT molecular complexity index is 388. The molecule has 0 radical (unpaired) electrons. The van der Waals surface area contributed by atoms with Gasteiger partial charge in [-0.15, -0.1) is 0 Å². The molecule has 0 bridgehead atoms. The molecule has 0 spiro atoms. The molecule has 0 heterocycles. The fourth-order valence-corrected chi connectivity index (χ4v) is 1.48. The van der Waals surface area contributed by atoms with Crippen molar-refractivity contribution >= 4 is 5.97 Å². The highest BCUT2D eigenvalue weighted by Crippen LogP contribution is 2.32. The lowest BCUT2D eigenvalue weighted by Gasteiger charge is -2.30. The molecule has 4 heteroatoms. The minimum Gasteiger partial charge on any atom is -0.478 e. The van der Waals surface area contributed by atoms with E-state index >= 15 is 0 Å². The Kier molecular flexibility index (Phi) is 3.67. The summed E-state index contributed by atoms with van der Waals surface area (Å²) in [6.45, 7) is 3.51. The third-order valence-electron chi connectivity index (χ3n) is 2.78. The van der Waals surface area contributed by atoms with E-state index in [2.05, 4.69) is 0 Å². The smallest absolute Gasteiger partial charge is 0.336 e. The molecule has 0 aliphatic carbocycles. The lowest BCUT2D eigenvalue weighted by atomic mass is 9.80. The maximum absolute atomic E-state index is 11.0. The Morgan fingerprint density at radius 1 is 1.44 bits per heavy atom. The van der Waals surface area contributed by atoms with Crippen LogP contribution >= 0.6 is 0 Å². The van der Waals surface area contributed by atoms with E-state index in [1.165, 1.54) is 6.07 Å². The van der Waals surface area contributed by atoms with E-state index in [1.54, 1.807) is 32.0 Å². The van der Waals surface area contributed by atoms with E-state index in [0.29, 0.717) is 5.56 Å². The zero-order valence-electron chi connectivity index (χ0n) is 9.47. The normalized spacial score (nSPS) is 13.5. The highest BCUT2D eigenvalue weighted by molar-refractivity contribution is 5.89. The van der Waals surface area contributed by atoms with Gasteiger partial charge in [0.05, 0.1) is 5.56 Å². The van der Waals surface area contributed by atoms with Gasteiger partial charge in [-0.25, -0.2) is 4.79 Å². The molecule has 0 unspecified atom stereocenters. The lowest BCUT2D eigenvalue weighted by molar-refractivity contribution is 0.0691. The number of aromatic carboxylic acids is 1. The summed E-state index contributed by atoms with van der Waals surface area (Å²) < 4.78 is 0. The summed E-state index contributed by atoms with van der Waals surface area (Å²) in [7, 11) is 0. The fraction of sp³-hybridized carbons (Fsp3) is 0.417. The molecule has 4 N–H and O–H groups in total. The van der Waals surface area contributed by atoms with Crippen molar-refractivity contribution in [1.82, 2.24) is 0 Å². The molecule has 0 aromatic heterocycles. The fourth-order valence-electron chi connectivity index (χ4n) is 1.48. The Hall–Kier alpha value is -1.39. The molecule has 1 aromatic carbocycles. The molecule has 0 saturated heterocycles. The van der Waals surface area contributed by atoms with E-state index < -0.39 is 17.4 Å². The average molecular weight is 223 g/mol. The second-order valence-electron chi connectivity index (χ2n) is 4.52. The minimum atomic E-state index is -1.00. The molecule has 0 aliphatic heterocycles. The van der Waals surface area contributed by atoms with Crippen molar-refractivity contribution in [2.75, 3.05) is 6.61 Å². The molecular formula is C12H17NO3. The zero-order valence-corrected chi connectivity index (χ0v) is 9.47. The van der Waals surface area contributed by atoms with E-state index in [9.17, 15) is 9.90 Å². The first kappa shape index (κ1) is 12.7. The third kappa shape index (κ3) is 2.40. The number of carboxylic acids is 1. The number of benzene rings is 1. The topological polar surface area (TPSA) is 83.5 Å². The lowest BCUT2D eigenvalue weighted by Crippen LogP contribution is -2.33. The number of rotatable bonds is 4. The molecule has 88 valence electrons. The van der Waals surface area contributed by atoms with E-state index in [0.717, 1.165) is 0 Å². The number of carboxylic acid groups (broad SMARTS) is 1. The van der Waals surface area contributed by atoms with Gasteiger partial charge in [-0.2, -0.15) is 0 Å². The Labute approximate surface area is 94.7 Å². The Morgan fingerprint density at radius 2 is 2.00 bits per heavy atom. The first-order chi connectivity index (χ1) is 7.40. The van der Waals surface area contributed by atoms with Gasteiger partial charge in [-0.05, 0) is 11.6 Å². The first-order valence-electron chi connectivity index (χ1n) is 5.09.